The van der Waals surface area contributed by atoms with Gasteiger partial charge in [0.05, 0.1) is 26.4 Å². The van der Waals surface area contributed by atoms with Crippen molar-refractivity contribution in [2.45, 2.75) is 331 Å². The SMILES string of the molecule is CCC(C)CCCCCCCCCCC(=O)O[C@H](COC(=O)CCCCCCCCCCCC(C)C)COP(=O)(O)OC[C@@H](O)COP(=O)(O)OC[C@@H](COC(=O)CCCCCCCCC(C)CC)OC(=O)CCCCCCCCC(C)CC. The molecule has 0 aromatic heterocycles. The molecule has 19 heteroatoms. The zero-order valence-corrected chi connectivity index (χ0v) is 56.3. The van der Waals surface area contributed by atoms with Crippen LogP contribution in [0.15, 0.2) is 0 Å². The molecule has 5 unspecified atom stereocenters. The van der Waals surface area contributed by atoms with Gasteiger partial charge in [-0.1, -0.05) is 261 Å². The first-order valence-corrected chi connectivity index (χ1v) is 36.8. The Labute approximate surface area is 511 Å². The summed E-state index contributed by atoms with van der Waals surface area (Å²) >= 11 is 0. The maximum atomic E-state index is 13.0. The Morgan fingerprint density at radius 2 is 0.571 bits per heavy atom. The number of hydrogen-bond donors (Lipinski definition) is 3. The molecule has 0 saturated heterocycles. The van der Waals surface area contributed by atoms with Gasteiger partial charge in [-0.15, -0.1) is 0 Å². The quantitative estimate of drug-likeness (QED) is 0.0222. The topological polar surface area (TPSA) is 237 Å². The van der Waals surface area contributed by atoms with Crippen molar-refractivity contribution in [3.05, 3.63) is 0 Å². The Morgan fingerprint density at radius 1 is 0.333 bits per heavy atom. The van der Waals surface area contributed by atoms with Crippen LogP contribution in [0.2, 0.25) is 0 Å². The van der Waals surface area contributed by atoms with Gasteiger partial charge in [0.2, 0.25) is 0 Å². The van der Waals surface area contributed by atoms with Gasteiger partial charge >= 0.3 is 39.5 Å². The number of hydrogen-bond acceptors (Lipinski definition) is 15. The first-order valence-electron chi connectivity index (χ1n) is 33.8. The molecule has 8 atom stereocenters. The van der Waals surface area contributed by atoms with Gasteiger partial charge in [0.15, 0.2) is 12.2 Å². The molecule has 0 heterocycles. The maximum Gasteiger partial charge on any atom is 0.472 e. The van der Waals surface area contributed by atoms with Gasteiger partial charge in [0.1, 0.15) is 19.3 Å². The molecule has 0 aromatic carbocycles. The van der Waals surface area contributed by atoms with Crippen LogP contribution < -0.4 is 0 Å². The van der Waals surface area contributed by atoms with Gasteiger partial charge in [-0.3, -0.25) is 37.3 Å². The molecule has 0 aliphatic carbocycles. The normalized spacial score (nSPS) is 15.4. The molecule has 0 bridgehead atoms. The predicted octanol–water partition coefficient (Wildman–Crippen LogP) is 17.8. The Hall–Kier alpha value is -1.94. The van der Waals surface area contributed by atoms with Crippen molar-refractivity contribution < 1.29 is 80.2 Å². The van der Waals surface area contributed by atoms with Crippen molar-refractivity contribution in [3.8, 4) is 0 Å². The first-order chi connectivity index (χ1) is 40.2. The van der Waals surface area contributed by atoms with Crippen molar-refractivity contribution >= 4 is 39.5 Å². The van der Waals surface area contributed by atoms with Crippen LogP contribution in [0.1, 0.15) is 312 Å². The lowest BCUT2D eigenvalue weighted by Crippen LogP contribution is -2.30. The minimum Gasteiger partial charge on any atom is -0.462 e. The van der Waals surface area contributed by atoms with Gasteiger partial charge in [-0.25, -0.2) is 9.13 Å². The van der Waals surface area contributed by atoms with E-state index in [1.165, 1.54) is 109 Å². The van der Waals surface area contributed by atoms with Crippen LogP contribution in [-0.2, 0) is 65.4 Å². The highest BCUT2D eigenvalue weighted by molar-refractivity contribution is 7.47. The average Bonchev–Trinajstić information content (AvgIpc) is 3.53. The number of phosphoric acid groups is 2. The van der Waals surface area contributed by atoms with Crippen LogP contribution in [0.5, 0.6) is 0 Å². The fourth-order valence-corrected chi connectivity index (χ4v) is 11.1. The first kappa shape index (κ1) is 82.1. The fourth-order valence-electron chi connectivity index (χ4n) is 9.51. The highest BCUT2D eigenvalue weighted by Gasteiger charge is 2.30. The van der Waals surface area contributed by atoms with E-state index in [1.54, 1.807) is 0 Å². The van der Waals surface area contributed by atoms with E-state index in [1.807, 2.05) is 0 Å². The Morgan fingerprint density at radius 3 is 0.845 bits per heavy atom. The van der Waals surface area contributed by atoms with Crippen LogP contribution >= 0.6 is 15.6 Å². The van der Waals surface area contributed by atoms with Crippen molar-refractivity contribution in [2.24, 2.45) is 23.7 Å². The molecule has 0 aromatic rings. The highest BCUT2D eigenvalue weighted by atomic mass is 31.2. The van der Waals surface area contributed by atoms with E-state index < -0.39 is 97.5 Å². The number of aliphatic hydroxyl groups is 1. The third-order valence-electron chi connectivity index (χ3n) is 15.9. The standard InChI is InChI=1S/C65H126O17P2/c1-9-56(6)42-34-26-18-15-16-20-31-39-47-64(69)81-60(51-75-62(67)45-37-29-19-14-12-13-17-25-33-41-55(4)5)53-79-83(71,72)77-49-59(66)50-78-84(73,74)80-54-61(82-65(70)48-40-32-24-22-28-36-44-58(8)11-3)52-76-63(68)46-38-30-23-21-27-35-43-57(7)10-2/h55-61,66H,9-54H2,1-8H3,(H,71,72)(H,73,74)/t56?,57?,58?,59-,60-,61-/m1/s1. The molecule has 0 fully saturated rings. The molecule has 3 N–H and O–H groups in total. The number of aliphatic hydroxyl groups excluding tert-OH is 1. The van der Waals surface area contributed by atoms with Gasteiger partial charge in [0.25, 0.3) is 0 Å². The molecule has 0 amide bonds. The molecular weight excluding hydrogens is 1110 g/mol. The summed E-state index contributed by atoms with van der Waals surface area (Å²) in [6, 6.07) is 0. The third-order valence-corrected chi connectivity index (χ3v) is 17.8. The van der Waals surface area contributed by atoms with Crippen molar-refractivity contribution in [1.82, 2.24) is 0 Å². The van der Waals surface area contributed by atoms with Gasteiger partial charge in [-0.05, 0) is 49.4 Å². The number of ether oxygens (including phenoxy) is 4. The van der Waals surface area contributed by atoms with Gasteiger partial charge < -0.3 is 33.8 Å². The molecule has 17 nitrogen and oxygen atoms in total. The maximum absolute atomic E-state index is 13.0. The van der Waals surface area contributed by atoms with E-state index in [4.69, 9.17) is 37.0 Å². The Kier molecular flexibility index (Phi) is 53.9. The number of phosphoric ester groups is 2. The largest absolute Gasteiger partial charge is 0.472 e. The van der Waals surface area contributed by atoms with E-state index in [-0.39, 0.29) is 25.7 Å². The lowest BCUT2D eigenvalue weighted by Gasteiger charge is -2.21. The average molecular weight is 1240 g/mol. The lowest BCUT2D eigenvalue weighted by atomic mass is 9.99. The Bertz CT molecular complexity index is 1680. The number of esters is 4. The molecule has 0 radical (unpaired) electrons. The van der Waals surface area contributed by atoms with E-state index in [0.29, 0.717) is 25.7 Å². The zero-order chi connectivity index (χ0) is 62.5. The predicted molar refractivity (Wildman–Crippen MR) is 335 cm³/mol. The molecule has 0 saturated carbocycles. The minimum atomic E-state index is -4.95. The van der Waals surface area contributed by atoms with E-state index in [2.05, 4.69) is 55.4 Å². The second kappa shape index (κ2) is 55.2. The number of carbonyl (C=O) groups excluding carboxylic acids is 4. The van der Waals surface area contributed by atoms with Crippen molar-refractivity contribution in [1.29, 1.82) is 0 Å². The van der Waals surface area contributed by atoms with Crippen LogP contribution in [0.25, 0.3) is 0 Å². The minimum absolute atomic E-state index is 0.101. The van der Waals surface area contributed by atoms with E-state index in [0.717, 1.165) is 120 Å². The van der Waals surface area contributed by atoms with Crippen LogP contribution in [0.3, 0.4) is 0 Å². The fraction of sp³-hybridized carbons (Fsp3) is 0.938. The summed E-state index contributed by atoms with van der Waals surface area (Å²) in [7, 11) is -9.89. The van der Waals surface area contributed by atoms with Gasteiger partial charge in [-0.2, -0.15) is 0 Å². The smallest absolute Gasteiger partial charge is 0.462 e. The van der Waals surface area contributed by atoms with Crippen molar-refractivity contribution in [2.75, 3.05) is 39.6 Å². The van der Waals surface area contributed by atoms with Crippen LogP contribution in [0.4, 0.5) is 0 Å². The number of unbranched alkanes of at least 4 members (excludes halogenated alkanes) is 25. The highest BCUT2D eigenvalue weighted by Crippen LogP contribution is 2.45. The summed E-state index contributed by atoms with van der Waals surface area (Å²) in [6.45, 7) is 14.0. The Balaban J connectivity index is 5.27. The van der Waals surface area contributed by atoms with Crippen molar-refractivity contribution in [3.63, 3.8) is 0 Å². The molecule has 0 aliphatic rings. The number of carbonyl (C=O) groups is 4. The monoisotopic (exact) mass is 1240 g/mol. The summed E-state index contributed by atoms with van der Waals surface area (Å²) in [6.07, 6.45) is 34.8. The second-order valence-corrected chi connectivity index (χ2v) is 27.6. The molecule has 0 spiro atoms. The molecular formula is C65H126O17P2. The van der Waals surface area contributed by atoms with E-state index in [9.17, 15) is 43.2 Å². The zero-order valence-electron chi connectivity index (χ0n) is 54.5. The van der Waals surface area contributed by atoms with E-state index >= 15 is 0 Å². The summed E-state index contributed by atoms with van der Waals surface area (Å²) in [5.41, 5.74) is 0. The summed E-state index contributed by atoms with van der Waals surface area (Å²) in [5.74, 6) is 0.823. The summed E-state index contributed by atoms with van der Waals surface area (Å²) in [4.78, 5) is 72.3. The van der Waals surface area contributed by atoms with Crippen LogP contribution in [0, 0.1) is 23.7 Å². The number of rotatable bonds is 62. The molecule has 0 rings (SSSR count). The van der Waals surface area contributed by atoms with Crippen LogP contribution in [-0.4, -0.2) is 96.7 Å². The second-order valence-electron chi connectivity index (χ2n) is 24.7. The summed E-state index contributed by atoms with van der Waals surface area (Å²) < 4.78 is 68.0. The summed E-state index contributed by atoms with van der Waals surface area (Å²) in [5, 5.41) is 10.5. The third kappa shape index (κ3) is 55.4. The molecule has 498 valence electrons. The molecule has 84 heavy (non-hydrogen) atoms. The lowest BCUT2D eigenvalue weighted by molar-refractivity contribution is -0.161. The van der Waals surface area contributed by atoms with Gasteiger partial charge in [0, 0.05) is 25.7 Å². The molecule has 0 aliphatic heterocycles.